The summed E-state index contributed by atoms with van der Waals surface area (Å²) in [7, 11) is 1.65. The van der Waals surface area contributed by atoms with Crippen molar-refractivity contribution in [3.05, 3.63) is 24.3 Å². The number of rotatable bonds is 4. The first-order chi connectivity index (χ1) is 9.22. The average molecular weight is 264 g/mol. The fourth-order valence-electron chi connectivity index (χ4n) is 2.41. The Morgan fingerprint density at radius 2 is 2.42 bits per heavy atom. The summed E-state index contributed by atoms with van der Waals surface area (Å²) in [6.45, 7) is 1.28. The van der Waals surface area contributed by atoms with Crippen molar-refractivity contribution in [3.8, 4) is 5.75 Å². The van der Waals surface area contributed by atoms with Crippen LogP contribution in [-0.2, 0) is 4.79 Å². The van der Waals surface area contributed by atoms with Crippen molar-refractivity contribution in [1.29, 1.82) is 0 Å². The zero-order valence-electron chi connectivity index (χ0n) is 11.1. The Labute approximate surface area is 113 Å². The number of benzene rings is 1. The quantitative estimate of drug-likeness (QED) is 0.843. The summed E-state index contributed by atoms with van der Waals surface area (Å²) < 4.78 is 5.22. The summed E-state index contributed by atoms with van der Waals surface area (Å²) in [5.41, 5.74) is 1.10. The predicted molar refractivity (Wildman–Crippen MR) is 73.5 cm³/mol. The third kappa shape index (κ3) is 3.61. The third-order valence-electron chi connectivity index (χ3n) is 3.35. The Kier molecular flexibility index (Phi) is 4.63. The van der Waals surface area contributed by atoms with Crippen molar-refractivity contribution in [2.75, 3.05) is 31.7 Å². The largest absolute Gasteiger partial charge is 0.497 e. The molecule has 2 N–H and O–H groups in total. The Morgan fingerprint density at radius 1 is 1.58 bits per heavy atom. The second-order valence-electron chi connectivity index (χ2n) is 4.71. The minimum absolute atomic E-state index is 0.0969. The lowest BCUT2D eigenvalue weighted by Crippen LogP contribution is -2.48. The van der Waals surface area contributed by atoms with Crippen molar-refractivity contribution in [3.63, 3.8) is 0 Å². The number of carbonyl (C=O) groups excluding carboxylic acids is 1. The smallest absolute Gasteiger partial charge is 0.245 e. The summed E-state index contributed by atoms with van der Waals surface area (Å²) in [6.07, 6.45) is 1.97. The average Bonchev–Trinajstić information content (AvgIpc) is 2.47. The molecule has 2 rings (SSSR count). The Balaban J connectivity index is 2.01. The predicted octanol–water partition coefficient (Wildman–Crippen LogP) is 0.772. The molecule has 1 amide bonds. The second kappa shape index (κ2) is 6.43. The highest BCUT2D eigenvalue weighted by atomic mass is 16.5. The molecule has 0 spiro atoms. The van der Waals surface area contributed by atoms with E-state index in [1.165, 1.54) is 0 Å². The lowest BCUT2D eigenvalue weighted by atomic mass is 10.0. The van der Waals surface area contributed by atoms with Crippen molar-refractivity contribution >= 4 is 11.6 Å². The molecule has 1 aliphatic rings. The molecule has 5 heteroatoms. The van der Waals surface area contributed by atoms with Crippen molar-refractivity contribution in [2.24, 2.45) is 0 Å². The Morgan fingerprint density at radius 3 is 3.16 bits per heavy atom. The topological polar surface area (TPSA) is 61.8 Å². The van der Waals surface area contributed by atoms with Crippen LogP contribution in [0.25, 0.3) is 0 Å². The number of hydrogen-bond acceptors (Lipinski definition) is 4. The van der Waals surface area contributed by atoms with Gasteiger partial charge in [-0.3, -0.25) is 4.79 Å². The van der Waals surface area contributed by atoms with E-state index in [0.717, 1.165) is 37.4 Å². The lowest BCUT2D eigenvalue weighted by Gasteiger charge is -2.34. The van der Waals surface area contributed by atoms with E-state index < -0.39 is 6.61 Å². The molecule has 5 nitrogen and oxygen atoms in total. The normalized spacial score (nSPS) is 19.1. The van der Waals surface area contributed by atoms with Gasteiger partial charge in [-0.1, -0.05) is 6.07 Å². The van der Waals surface area contributed by atoms with Crippen LogP contribution in [0.1, 0.15) is 12.8 Å². The molecule has 1 aliphatic heterocycles. The van der Waals surface area contributed by atoms with Crippen LogP contribution in [0.4, 0.5) is 5.69 Å². The molecule has 104 valence electrons. The van der Waals surface area contributed by atoms with Crippen LogP contribution in [0.15, 0.2) is 24.3 Å². The van der Waals surface area contributed by atoms with Gasteiger partial charge in [0, 0.05) is 30.9 Å². The van der Waals surface area contributed by atoms with Gasteiger partial charge in [-0.15, -0.1) is 0 Å². The van der Waals surface area contributed by atoms with Crippen LogP contribution in [0.3, 0.4) is 0 Å². The number of amides is 1. The molecule has 1 heterocycles. The summed E-state index contributed by atoms with van der Waals surface area (Å²) in [5.74, 6) is 0.525. The van der Waals surface area contributed by atoms with Gasteiger partial charge in [0.25, 0.3) is 0 Å². The Hall–Kier alpha value is -1.75. The van der Waals surface area contributed by atoms with E-state index in [9.17, 15) is 4.79 Å². The number of ether oxygens (including phenoxy) is 1. The van der Waals surface area contributed by atoms with Gasteiger partial charge >= 0.3 is 0 Å². The molecule has 0 aromatic heterocycles. The molecule has 0 bridgehead atoms. The summed E-state index contributed by atoms with van der Waals surface area (Å²) >= 11 is 0. The van der Waals surface area contributed by atoms with Crippen LogP contribution < -0.4 is 15.0 Å². The van der Waals surface area contributed by atoms with Gasteiger partial charge < -0.3 is 20.1 Å². The first-order valence-electron chi connectivity index (χ1n) is 6.52. The van der Waals surface area contributed by atoms with Crippen LogP contribution in [0.5, 0.6) is 5.75 Å². The Bertz CT molecular complexity index is 436. The number of aliphatic hydroxyl groups is 1. The van der Waals surface area contributed by atoms with Gasteiger partial charge in [0.15, 0.2) is 0 Å². The van der Waals surface area contributed by atoms with E-state index >= 15 is 0 Å². The van der Waals surface area contributed by atoms with Gasteiger partial charge in [-0.05, 0) is 25.0 Å². The highest BCUT2D eigenvalue weighted by Crippen LogP contribution is 2.24. The maximum absolute atomic E-state index is 11.2. The van der Waals surface area contributed by atoms with E-state index in [4.69, 9.17) is 9.84 Å². The van der Waals surface area contributed by atoms with E-state index in [1.54, 1.807) is 7.11 Å². The van der Waals surface area contributed by atoms with Gasteiger partial charge in [0.1, 0.15) is 12.4 Å². The molecular formula is C14H20N2O3. The molecule has 19 heavy (non-hydrogen) atoms. The summed E-state index contributed by atoms with van der Waals surface area (Å²) in [6, 6.07) is 8.01. The third-order valence-corrected chi connectivity index (χ3v) is 3.35. The number of piperidine rings is 1. The number of nitrogens with zero attached hydrogens (tertiary/aromatic N) is 1. The molecule has 0 radical (unpaired) electrons. The van der Waals surface area contributed by atoms with Crippen LogP contribution in [0, 0.1) is 0 Å². The monoisotopic (exact) mass is 264 g/mol. The first-order valence-corrected chi connectivity index (χ1v) is 6.52. The molecular weight excluding hydrogens is 244 g/mol. The van der Waals surface area contributed by atoms with Gasteiger partial charge in [-0.25, -0.2) is 0 Å². The van der Waals surface area contributed by atoms with Crippen molar-refractivity contribution in [2.45, 2.75) is 18.9 Å². The minimum Gasteiger partial charge on any atom is -0.497 e. The molecule has 1 atom stereocenters. The standard InChI is InChI=1S/C14H20N2O3/c1-19-13-6-2-5-12(8-13)16-7-3-4-11(9-16)15-14(18)10-17/h2,5-6,8,11,17H,3-4,7,9-10H2,1H3,(H,15,18). The molecule has 0 saturated carbocycles. The van der Waals surface area contributed by atoms with Crippen LogP contribution >= 0.6 is 0 Å². The highest BCUT2D eigenvalue weighted by molar-refractivity contribution is 5.77. The molecule has 1 aromatic carbocycles. The number of anilines is 1. The van der Waals surface area contributed by atoms with Crippen LogP contribution in [0.2, 0.25) is 0 Å². The summed E-state index contributed by atoms with van der Waals surface area (Å²) in [4.78, 5) is 13.5. The minimum atomic E-state index is -0.449. The fraction of sp³-hybridized carbons (Fsp3) is 0.500. The number of hydrogen-bond donors (Lipinski definition) is 2. The van der Waals surface area contributed by atoms with Gasteiger partial charge in [-0.2, -0.15) is 0 Å². The van der Waals surface area contributed by atoms with Crippen molar-refractivity contribution < 1.29 is 14.6 Å². The first kappa shape index (κ1) is 13.7. The number of carbonyl (C=O) groups is 1. The lowest BCUT2D eigenvalue weighted by molar-refractivity contribution is -0.124. The number of nitrogens with one attached hydrogen (secondary N) is 1. The second-order valence-corrected chi connectivity index (χ2v) is 4.71. The van der Waals surface area contributed by atoms with E-state index in [0.29, 0.717) is 0 Å². The van der Waals surface area contributed by atoms with Gasteiger partial charge in [0.2, 0.25) is 5.91 Å². The zero-order chi connectivity index (χ0) is 13.7. The van der Waals surface area contributed by atoms with E-state index in [2.05, 4.69) is 10.2 Å². The molecule has 1 saturated heterocycles. The van der Waals surface area contributed by atoms with Crippen LogP contribution in [-0.4, -0.2) is 43.9 Å². The number of methoxy groups -OCH3 is 1. The maximum atomic E-state index is 11.2. The SMILES string of the molecule is COc1cccc(N2CCCC(NC(=O)CO)C2)c1. The summed E-state index contributed by atoms with van der Waals surface area (Å²) in [5, 5.41) is 11.6. The fourth-order valence-corrected chi connectivity index (χ4v) is 2.41. The molecule has 1 aromatic rings. The molecule has 1 unspecified atom stereocenters. The number of aliphatic hydroxyl groups excluding tert-OH is 1. The molecule has 1 fully saturated rings. The zero-order valence-corrected chi connectivity index (χ0v) is 11.1. The molecule has 0 aliphatic carbocycles. The highest BCUT2D eigenvalue weighted by Gasteiger charge is 2.21. The van der Waals surface area contributed by atoms with Crippen molar-refractivity contribution in [1.82, 2.24) is 5.32 Å². The van der Waals surface area contributed by atoms with Gasteiger partial charge in [0.05, 0.1) is 7.11 Å². The van der Waals surface area contributed by atoms with E-state index in [-0.39, 0.29) is 11.9 Å². The maximum Gasteiger partial charge on any atom is 0.245 e. The van der Waals surface area contributed by atoms with E-state index in [1.807, 2.05) is 24.3 Å².